The number of hydrogen-bond donors (Lipinski definition) is 1. The Labute approximate surface area is 77.7 Å². The van der Waals surface area contributed by atoms with Crippen molar-refractivity contribution < 1.29 is 5.11 Å². The molecule has 1 nitrogen and oxygen atoms in total. The van der Waals surface area contributed by atoms with E-state index in [0.717, 1.165) is 12.8 Å². The second-order valence-corrected chi connectivity index (χ2v) is 4.28. The summed E-state index contributed by atoms with van der Waals surface area (Å²) in [7, 11) is 0. The van der Waals surface area contributed by atoms with Crippen LogP contribution in [0, 0.1) is 5.92 Å². The van der Waals surface area contributed by atoms with E-state index in [1.165, 1.54) is 12.8 Å². The molecule has 1 aliphatic carbocycles. The lowest BCUT2D eigenvalue weighted by molar-refractivity contribution is 0.238. The third kappa shape index (κ3) is 2.50. The molecule has 1 saturated carbocycles. The average Bonchev–Trinajstić information content (AvgIpc) is 2.04. The molecule has 1 N–H and O–H groups in total. The fraction of sp³-hybridized carbons (Fsp3) is 1.00. The Hall–Kier alpha value is 0.540. The Balaban J connectivity index is 2.40. The van der Waals surface area contributed by atoms with E-state index in [1.807, 2.05) is 0 Å². The van der Waals surface area contributed by atoms with Crippen molar-refractivity contribution in [1.29, 1.82) is 0 Å². The Bertz CT molecular complexity index is 115. The van der Waals surface area contributed by atoms with E-state index in [2.05, 4.69) is 0 Å². The zero-order valence-electron chi connectivity index (χ0n) is 6.47. The van der Waals surface area contributed by atoms with Gasteiger partial charge in [-0.3, -0.25) is 0 Å². The van der Waals surface area contributed by atoms with Gasteiger partial charge in [-0.15, -0.1) is 23.2 Å². The monoisotopic (exact) mass is 196 g/mol. The van der Waals surface area contributed by atoms with Crippen LogP contribution in [0.25, 0.3) is 0 Å². The van der Waals surface area contributed by atoms with Gasteiger partial charge in [-0.1, -0.05) is 12.8 Å². The standard InChI is InChI=1S/C8H14Cl2O/c9-7-4-2-1-3-6(7)8(10)5-11/h6-8,11H,1-5H2. The van der Waals surface area contributed by atoms with Crippen molar-refractivity contribution >= 4 is 23.2 Å². The fourth-order valence-electron chi connectivity index (χ4n) is 1.66. The van der Waals surface area contributed by atoms with Gasteiger partial charge in [0.1, 0.15) is 0 Å². The topological polar surface area (TPSA) is 20.2 Å². The molecule has 1 aliphatic rings. The smallest absolute Gasteiger partial charge is 0.0609 e. The highest BCUT2D eigenvalue weighted by Gasteiger charge is 2.28. The minimum Gasteiger partial charge on any atom is -0.395 e. The molecule has 3 unspecified atom stereocenters. The normalized spacial score (nSPS) is 35.2. The van der Waals surface area contributed by atoms with Crippen LogP contribution in [0.4, 0.5) is 0 Å². The Morgan fingerprint density at radius 1 is 1.36 bits per heavy atom. The predicted octanol–water partition coefficient (Wildman–Crippen LogP) is 2.38. The zero-order valence-corrected chi connectivity index (χ0v) is 7.98. The van der Waals surface area contributed by atoms with E-state index in [0.29, 0.717) is 5.92 Å². The molecule has 0 heterocycles. The van der Waals surface area contributed by atoms with Crippen molar-refractivity contribution in [2.45, 2.75) is 36.4 Å². The number of halogens is 2. The van der Waals surface area contributed by atoms with Crippen molar-refractivity contribution in [3.8, 4) is 0 Å². The quantitative estimate of drug-likeness (QED) is 0.674. The van der Waals surface area contributed by atoms with Gasteiger partial charge in [-0.05, 0) is 18.8 Å². The first-order valence-electron chi connectivity index (χ1n) is 4.14. The summed E-state index contributed by atoms with van der Waals surface area (Å²) in [4.78, 5) is 0. The number of alkyl halides is 2. The van der Waals surface area contributed by atoms with E-state index in [-0.39, 0.29) is 17.4 Å². The molecule has 11 heavy (non-hydrogen) atoms. The molecule has 0 aliphatic heterocycles. The molecule has 0 saturated heterocycles. The minimum absolute atomic E-state index is 0.0510. The summed E-state index contributed by atoms with van der Waals surface area (Å²) < 4.78 is 0. The molecule has 0 spiro atoms. The molecule has 0 aromatic rings. The van der Waals surface area contributed by atoms with Gasteiger partial charge >= 0.3 is 0 Å². The highest BCUT2D eigenvalue weighted by atomic mass is 35.5. The van der Waals surface area contributed by atoms with Gasteiger partial charge in [0.2, 0.25) is 0 Å². The molecule has 0 radical (unpaired) electrons. The largest absolute Gasteiger partial charge is 0.395 e. The van der Waals surface area contributed by atoms with Crippen molar-refractivity contribution in [1.82, 2.24) is 0 Å². The third-order valence-electron chi connectivity index (χ3n) is 2.37. The van der Waals surface area contributed by atoms with Gasteiger partial charge in [0.05, 0.1) is 12.0 Å². The highest BCUT2D eigenvalue weighted by molar-refractivity contribution is 6.24. The minimum atomic E-state index is -0.141. The zero-order chi connectivity index (χ0) is 8.27. The number of hydrogen-bond acceptors (Lipinski definition) is 1. The second kappa shape index (κ2) is 4.54. The first-order valence-corrected chi connectivity index (χ1v) is 5.02. The lowest BCUT2D eigenvalue weighted by atomic mass is 9.86. The highest BCUT2D eigenvalue weighted by Crippen LogP contribution is 2.32. The van der Waals surface area contributed by atoms with Gasteiger partial charge in [-0.25, -0.2) is 0 Å². The molecule has 0 aromatic heterocycles. The summed E-state index contributed by atoms with van der Waals surface area (Å²) >= 11 is 12.0. The first kappa shape index (κ1) is 9.63. The second-order valence-electron chi connectivity index (χ2n) is 3.16. The molecule has 0 bridgehead atoms. The van der Waals surface area contributed by atoms with Gasteiger partial charge in [0, 0.05) is 5.38 Å². The fourth-order valence-corrected chi connectivity index (χ4v) is 2.49. The van der Waals surface area contributed by atoms with Crippen LogP contribution in [0.15, 0.2) is 0 Å². The molecule has 0 aromatic carbocycles. The lowest BCUT2D eigenvalue weighted by Gasteiger charge is -2.29. The average molecular weight is 197 g/mol. The number of aliphatic hydroxyl groups is 1. The maximum Gasteiger partial charge on any atom is 0.0609 e. The van der Waals surface area contributed by atoms with Crippen LogP contribution in [0.5, 0.6) is 0 Å². The van der Waals surface area contributed by atoms with Gasteiger partial charge in [0.25, 0.3) is 0 Å². The van der Waals surface area contributed by atoms with Crippen LogP contribution >= 0.6 is 23.2 Å². The van der Waals surface area contributed by atoms with E-state index in [4.69, 9.17) is 28.3 Å². The SMILES string of the molecule is OCC(Cl)C1CCCCC1Cl. The summed E-state index contributed by atoms with van der Waals surface area (Å²) in [5.41, 5.74) is 0. The van der Waals surface area contributed by atoms with Crippen LogP contribution in [-0.4, -0.2) is 22.5 Å². The van der Waals surface area contributed by atoms with Crippen molar-refractivity contribution in [3.05, 3.63) is 0 Å². The molecule has 1 fully saturated rings. The van der Waals surface area contributed by atoms with Crippen LogP contribution in [-0.2, 0) is 0 Å². The maximum absolute atomic E-state index is 8.81. The number of aliphatic hydroxyl groups excluding tert-OH is 1. The molecule has 3 atom stereocenters. The number of rotatable bonds is 2. The van der Waals surface area contributed by atoms with Crippen molar-refractivity contribution in [2.75, 3.05) is 6.61 Å². The van der Waals surface area contributed by atoms with E-state index in [9.17, 15) is 0 Å². The van der Waals surface area contributed by atoms with Gasteiger partial charge in [-0.2, -0.15) is 0 Å². The summed E-state index contributed by atoms with van der Waals surface area (Å²) in [6.45, 7) is 0.0510. The van der Waals surface area contributed by atoms with E-state index >= 15 is 0 Å². The Kier molecular flexibility index (Phi) is 3.97. The summed E-state index contributed by atoms with van der Waals surface area (Å²) in [6.07, 6.45) is 4.54. The molecule has 0 amide bonds. The first-order chi connectivity index (χ1) is 5.25. The predicted molar refractivity (Wildman–Crippen MR) is 48.3 cm³/mol. The van der Waals surface area contributed by atoms with Crippen LogP contribution < -0.4 is 0 Å². The summed E-state index contributed by atoms with van der Waals surface area (Å²) in [5, 5.41) is 8.85. The Morgan fingerprint density at radius 3 is 2.55 bits per heavy atom. The van der Waals surface area contributed by atoms with Gasteiger partial charge < -0.3 is 5.11 Å². The maximum atomic E-state index is 8.81. The van der Waals surface area contributed by atoms with Crippen LogP contribution in [0.1, 0.15) is 25.7 Å². The van der Waals surface area contributed by atoms with Crippen LogP contribution in [0.2, 0.25) is 0 Å². The molecule has 66 valence electrons. The van der Waals surface area contributed by atoms with E-state index < -0.39 is 0 Å². The van der Waals surface area contributed by atoms with Crippen LogP contribution in [0.3, 0.4) is 0 Å². The third-order valence-corrected chi connectivity index (χ3v) is 3.37. The van der Waals surface area contributed by atoms with Crippen molar-refractivity contribution in [2.24, 2.45) is 5.92 Å². The molecular weight excluding hydrogens is 183 g/mol. The Morgan fingerprint density at radius 2 is 2.00 bits per heavy atom. The molecule has 3 heteroatoms. The lowest BCUT2D eigenvalue weighted by Crippen LogP contribution is -2.30. The summed E-state index contributed by atoms with van der Waals surface area (Å²) in [6, 6.07) is 0. The molecule has 1 rings (SSSR count). The summed E-state index contributed by atoms with van der Waals surface area (Å²) in [5.74, 6) is 0.317. The van der Waals surface area contributed by atoms with Gasteiger partial charge in [0.15, 0.2) is 0 Å². The molecular formula is C8H14Cl2O. The van der Waals surface area contributed by atoms with Crippen molar-refractivity contribution in [3.63, 3.8) is 0 Å². The van der Waals surface area contributed by atoms with E-state index in [1.54, 1.807) is 0 Å².